The van der Waals surface area contributed by atoms with Crippen molar-refractivity contribution < 1.29 is 96.5 Å². The van der Waals surface area contributed by atoms with Gasteiger partial charge in [-0.2, -0.15) is 10.5 Å². The van der Waals surface area contributed by atoms with Crippen LogP contribution in [0.3, 0.4) is 0 Å². The molecule has 15 aromatic rings. The number of nitro benzene ring substituents is 6. The van der Waals surface area contributed by atoms with E-state index in [1.54, 1.807) is 160 Å². The Morgan fingerprint density at radius 1 is 0.366 bits per heavy atom. The number of ether oxygens (including phenoxy) is 1. The van der Waals surface area contributed by atoms with E-state index in [4.69, 9.17) is 14.4 Å². The maximum atomic E-state index is 11.0. The zero-order valence-electron chi connectivity index (χ0n) is 78.2. The van der Waals surface area contributed by atoms with Gasteiger partial charge in [-0.1, -0.05) is 79.6 Å². The van der Waals surface area contributed by atoms with E-state index in [1.807, 2.05) is 91.0 Å². The Bertz CT molecular complexity index is 7530. The number of oxime groups is 6. The van der Waals surface area contributed by atoms with Crippen molar-refractivity contribution in [2.24, 2.45) is 30.9 Å². The predicted octanol–water partition coefficient (Wildman–Crippen LogP) is 22.3. The van der Waals surface area contributed by atoms with Crippen LogP contribution in [0.5, 0.6) is 5.75 Å². The molecule has 4 heterocycles. The minimum Gasteiger partial charge on any atom is -0.490 e. The molecule has 734 valence electrons. The van der Waals surface area contributed by atoms with E-state index in [9.17, 15) is 94.7 Å². The van der Waals surface area contributed by atoms with Crippen LogP contribution < -0.4 is 9.64 Å². The first-order chi connectivity index (χ1) is 69.2. The molecular formula is C100H79N15O26S3Se. The van der Waals surface area contributed by atoms with Crippen molar-refractivity contribution in [2.75, 3.05) is 18.6 Å². The van der Waals surface area contributed by atoms with E-state index in [1.165, 1.54) is 119 Å². The molecule has 41 nitrogen and oxygen atoms in total. The van der Waals surface area contributed by atoms with Crippen LogP contribution in [0.2, 0.25) is 0 Å². The number of nitro groups is 6. The molecule has 0 saturated heterocycles. The average molecular weight is 2080 g/mol. The second kappa shape index (κ2) is 50.0. The molecule has 0 bridgehead atoms. The largest absolute Gasteiger partial charge is 0.490 e. The number of thiophene rings is 1. The summed E-state index contributed by atoms with van der Waals surface area (Å²) < 4.78 is 15.1. The van der Waals surface area contributed by atoms with Crippen LogP contribution in [0.4, 0.5) is 45.5 Å². The first-order valence-electron chi connectivity index (χ1n) is 42.6. The number of furan rings is 1. The SMILES string of the molecule is CC(=O)O/N=C(\C#N)c1ccc(N2CCCc3cc([N+](=O)[O-])ccc32)cc1.CC(=O)O/N=C(\C#N)c1ccc(Sc2ccc([N+](=O)[O-])cc2)cc1.CC(=O)O/N=C(\C)c1ccc2[se]c3ccc([N+](=O)[O-])cc3c2c1.CC(=O)O/N=C(\C)c1ccc2oc3ccc([N+](=O)[O-])cc3c2c1.CC(=O)O/N=C(\C)c1ccc2sc3ccc([N+](=O)[O-])cc3c2c1.COc1cc(Sc2ccc(/C(C)=N/OC(C)=O)cc2)ccc1[N+](=O)[O-]. The van der Waals surface area contributed by atoms with E-state index in [0.717, 1.165) is 119 Å². The summed E-state index contributed by atoms with van der Waals surface area (Å²) in [6.45, 7) is 15.3. The zero-order valence-corrected chi connectivity index (χ0v) is 82.3. The van der Waals surface area contributed by atoms with Gasteiger partial charge in [-0.25, -0.2) is 24.0 Å². The molecule has 1 aliphatic rings. The fraction of sp³-hybridized carbons (Fsp3) is 0.140. The normalized spacial score (nSPS) is 11.8. The standard InChI is InChI=1S/C19H16N4O4.C17H16N2O5S.C16H11N3O4S.C16H12N2O5.C16H12N2O4S.C16H12N2O4Se/c1-13(24)27-21-18(12-20)14-4-6-16(7-5-14)22-10-2-3-15-11-17(23(25)26)8-9-19(15)22;1-11(18-24-12(2)20)13-4-6-14(7-5-13)25-15-8-9-16(19(21)22)17(10-15)23-3;1-11(20)23-18-16(10-17)12-2-6-14(7-3-12)24-15-8-4-13(5-9-15)19(21)22;1-9(17-23-10(2)19)11-3-5-15-13(7-11)14-8-12(18(20)21)4-6-16(14)22-15;2*1-9(17-22-10(2)19)11-3-5-15-13(7-11)14-8-12(18(20)21)4-6-16(14)23-15/h4-9,11H,2-3,10H2,1H3;4-10H,1-3H3;2-9H,1H3;3*3-8H,1-2H3/b21-18+;18-11+;18-16+;3*17-9+. The molecule has 0 radical (unpaired) electrons. The first kappa shape index (κ1) is 107. The van der Waals surface area contributed by atoms with Crippen molar-refractivity contribution in [1.82, 2.24) is 0 Å². The number of rotatable bonds is 24. The summed E-state index contributed by atoms with van der Waals surface area (Å²) in [5.41, 5.74) is 10.6. The number of hydrogen-bond donors (Lipinski definition) is 0. The molecule has 0 amide bonds. The Morgan fingerprint density at radius 3 is 1.18 bits per heavy atom. The van der Waals surface area contributed by atoms with Crippen LogP contribution in [-0.2, 0) is 64.2 Å². The smallest absolute Gasteiger partial charge is 0.331 e. The number of methoxy groups -OCH3 is 1. The second-order valence-electron chi connectivity index (χ2n) is 30.5. The van der Waals surface area contributed by atoms with Crippen LogP contribution in [-0.4, -0.2) is 128 Å². The van der Waals surface area contributed by atoms with E-state index in [2.05, 4.69) is 64.9 Å². The van der Waals surface area contributed by atoms with Crippen molar-refractivity contribution in [3.8, 4) is 17.9 Å². The van der Waals surface area contributed by atoms with Crippen LogP contribution in [0.1, 0.15) is 115 Å². The molecule has 1 aliphatic heterocycles. The van der Waals surface area contributed by atoms with E-state index >= 15 is 0 Å². The van der Waals surface area contributed by atoms with Gasteiger partial charge in [0.25, 0.3) is 22.7 Å². The Hall–Kier alpha value is -18.3. The molecule has 16 rings (SSSR count). The number of non-ortho nitro benzene ring substituents is 5. The monoisotopic (exact) mass is 2080 g/mol. The summed E-state index contributed by atoms with van der Waals surface area (Å²) in [4.78, 5) is 161. The summed E-state index contributed by atoms with van der Waals surface area (Å²) >= 11 is 4.58. The predicted molar refractivity (Wildman–Crippen MR) is 544 cm³/mol. The molecule has 12 aromatic carbocycles. The first-order valence-corrected chi connectivity index (χ1v) is 46.7. The quantitative estimate of drug-likeness (QED) is 0.0178. The van der Waals surface area contributed by atoms with E-state index < -0.39 is 55.5 Å². The molecule has 0 unspecified atom stereocenters. The van der Waals surface area contributed by atoms with Gasteiger partial charge in [0.2, 0.25) is 0 Å². The molecular weight excluding hydrogens is 2000 g/mol. The van der Waals surface area contributed by atoms with Crippen LogP contribution in [0.25, 0.3) is 61.4 Å². The third kappa shape index (κ3) is 29.4. The maximum Gasteiger partial charge on any atom is 0.331 e. The molecule has 0 spiro atoms. The van der Waals surface area contributed by atoms with E-state index in [0.29, 0.717) is 50.5 Å². The fourth-order valence-electron chi connectivity index (χ4n) is 13.5. The molecule has 145 heavy (non-hydrogen) atoms. The number of carbonyl (C=O) groups is 6. The van der Waals surface area contributed by atoms with Crippen molar-refractivity contribution in [3.63, 3.8) is 0 Å². The van der Waals surface area contributed by atoms with Gasteiger partial charge in [0.15, 0.2) is 17.2 Å². The number of fused-ring (bicyclic) bond motifs is 10. The Morgan fingerprint density at radius 2 is 0.703 bits per heavy atom. The van der Waals surface area contributed by atoms with Gasteiger partial charge in [-0.15, -0.1) is 11.3 Å². The summed E-state index contributed by atoms with van der Waals surface area (Å²) in [6, 6.07) is 72.3. The van der Waals surface area contributed by atoms with Gasteiger partial charge in [0.1, 0.15) is 23.3 Å². The molecule has 0 atom stereocenters. The fourth-order valence-corrected chi connectivity index (χ4v) is 18.5. The number of nitriles is 2. The van der Waals surface area contributed by atoms with Crippen LogP contribution >= 0.6 is 34.9 Å². The molecule has 3 aromatic heterocycles. The second-order valence-corrected chi connectivity index (χ2v) is 36.2. The number of hydrogen-bond acceptors (Lipinski definition) is 38. The summed E-state index contributed by atoms with van der Waals surface area (Å²) in [5, 5.41) is 111. The van der Waals surface area contributed by atoms with Crippen LogP contribution in [0.15, 0.2) is 298 Å². The minimum atomic E-state index is -0.604. The molecule has 0 saturated carbocycles. The topological polar surface area (TPSA) is 564 Å². The average Bonchev–Trinajstić information content (AvgIpc) is 1.63. The summed E-state index contributed by atoms with van der Waals surface area (Å²) in [5.74, 6) is -2.92. The molecule has 0 N–H and O–H groups in total. The number of nitrogens with zero attached hydrogens (tertiary/aromatic N) is 15. The minimum absolute atomic E-state index is 0.00270. The maximum absolute atomic E-state index is 11.0. The van der Waals surface area contributed by atoms with Gasteiger partial charge in [0, 0.05) is 175 Å². The van der Waals surface area contributed by atoms with Gasteiger partial charge in [0.05, 0.1) is 48.9 Å². The summed E-state index contributed by atoms with van der Waals surface area (Å²) in [7, 11) is 1.40. The number of benzene rings is 12. The van der Waals surface area contributed by atoms with Crippen molar-refractivity contribution in [2.45, 2.75) is 102 Å². The summed E-state index contributed by atoms with van der Waals surface area (Å²) in [6.07, 6.45) is 1.67. The molecule has 0 aliphatic carbocycles. The Labute approximate surface area is 839 Å². The van der Waals surface area contributed by atoms with Gasteiger partial charge in [-0.3, -0.25) is 50.6 Å². The Balaban J connectivity index is 0.000000166. The number of carbonyl (C=O) groups excluding carboxylic acids is 6. The third-order valence-electron chi connectivity index (χ3n) is 20.3. The van der Waals surface area contributed by atoms with Crippen LogP contribution in [0, 0.1) is 83.3 Å². The van der Waals surface area contributed by atoms with Gasteiger partial charge in [-0.05, 0) is 171 Å². The van der Waals surface area contributed by atoms with Crippen molar-refractivity contribution >= 4 is 226 Å². The molecule has 0 fully saturated rings. The van der Waals surface area contributed by atoms with Gasteiger partial charge >= 0.3 is 172 Å². The molecule has 45 heteroatoms. The zero-order chi connectivity index (χ0) is 105. The van der Waals surface area contributed by atoms with Crippen molar-refractivity contribution in [3.05, 3.63) is 342 Å². The number of aryl methyl sites for hydroxylation is 1. The van der Waals surface area contributed by atoms with Crippen molar-refractivity contribution in [1.29, 1.82) is 10.5 Å². The van der Waals surface area contributed by atoms with E-state index in [-0.39, 0.29) is 75.6 Å². The Kier molecular flexibility index (Phi) is 36.9. The third-order valence-corrected chi connectivity index (χ3v) is 25.9. The van der Waals surface area contributed by atoms with Gasteiger partial charge < -0.3 is 38.2 Å². The number of anilines is 2.